The van der Waals surface area contributed by atoms with Gasteiger partial charge in [0.15, 0.2) is 12.4 Å². The van der Waals surface area contributed by atoms with Crippen LogP contribution in [-0.2, 0) is 38.7 Å². The van der Waals surface area contributed by atoms with Gasteiger partial charge in [0.25, 0.3) is 10.1 Å². The van der Waals surface area contributed by atoms with E-state index in [1.54, 1.807) is 0 Å². The Labute approximate surface area is 406 Å². The Morgan fingerprint density at radius 1 is 0.522 bits per heavy atom. The number of carbonyl (C=O) groups excluding carboxylic acids is 2. The summed E-state index contributed by atoms with van der Waals surface area (Å²) in [4.78, 5) is 25.5. The van der Waals surface area contributed by atoms with Gasteiger partial charge in [-0.05, 0) is 77.0 Å². The number of esters is 2. The number of aliphatic hydroxyl groups is 3. The molecule has 388 valence electrons. The van der Waals surface area contributed by atoms with Crippen LogP contribution in [-0.4, -0.2) is 96.0 Å². The molecule has 0 bridgehead atoms. The van der Waals surface area contributed by atoms with Gasteiger partial charge in [0, 0.05) is 12.8 Å². The maximum Gasteiger partial charge on any atom is 0.306 e. The van der Waals surface area contributed by atoms with Gasteiger partial charge in [0.2, 0.25) is 0 Å². The number of aliphatic hydroxyl groups excluding tert-OH is 3. The third-order valence-electron chi connectivity index (χ3n) is 11.8. The summed E-state index contributed by atoms with van der Waals surface area (Å²) in [6.07, 6.45) is 45.4. The van der Waals surface area contributed by atoms with E-state index in [0.29, 0.717) is 12.8 Å². The van der Waals surface area contributed by atoms with Crippen LogP contribution in [0.15, 0.2) is 60.8 Å². The third kappa shape index (κ3) is 37.9. The summed E-state index contributed by atoms with van der Waals surface area (Å²) in [5, 5.41) is 31.0. The Kier molecular flexibility index (Phi) is 40.4. The molecule has 6 atom stereocenters. The van der Waals surface area contributed by atoms with Gasteiger partial charge in [0.1, 0.15) is 36.8 Å². The second-order valence-electron chi connectivity index (χ2n) is 18.2. The topological polar surface area (TPSA) is 186 Å². The first-order chi connectivity index (χ1) is 32.5. The van der Waals surface area contributed by atoms with Crippen molar-refractivity contribution < 1.29 is 56.8 Å². The van der Waals surface area contributed by atoms with Gasteiger partial charge in [-0.25, -0.2) is 0 Å². The number of allylic oxidation sites excluding steroid dienone is 10. The second kappa shape index (κ2) is 43.4. The monoisotopic (exact) mass is 967 g/mol. The van der Waals surface area contributed by atoms with Crippen molar-refractivity contribution >= 4 is 22.1 Å². The summed E-state index contributed by atoms with van der Waals surface area (Å²) < 4.78 is 54.3. The van der Waals surface area contributed by atoms with Crippen LogP contribution >= 0.6 is 0 Å². The summed E-state index contributed by atoms with van der Waals surface area (Å²) >= 11 is 0. The molecule has 0 aromatic carbocycles. The van der Waals surface area contributed by atoms with E-state index in [1.807, 2.05) is 0 Å². The molecule has 0 radical (unpaired) electrons. The number of hydrogen-bond acceptors (Lipinski definition) is 11. The number of unbranched alkanes of at least 4 members (excludes halogenated alkanes) is 22. The molecule has 0 aromatic heterocycles. The molecular formula is C54H94O12S. The largest absolute Gasteiger partial charge is 0.462 e. The molecule has 1 fully saturated rings. The second-order valence-corrected chi connectivity index (χ2v) is 19.7. The summed E-state index contributed by atoms with van der Waals surface area (Å²) in [6, 6.07) is 0. The van der Waals surface area contributed by atoms with Gasteiger partial charge in [-0.3, -0.25) is 14.1 Å². The van der Waals surface area contributed by atoms with E-state index in [2.05, 4.69) is 74.6 Å². The van der Waals surface area contributed by atoms with Crippen molar-refractivity contribution in [2.45, 2.75) is 250 Å². The van der Waals surface area contributed by atoms with Crippen LogP contribution in [0.1, 0.15) is 213 Å². The molecule has 1 aliphatic heterocycles. The standard InChI is InChI=1S/C54H94O12S/c1-3-5-7-9-11-13-15-17-19-21-22-23-24-25-26-27-29-31-33-35-37-39-41-43-50(56)65-47(45-64-54-53(59)52(58)51(57)48(66-54)46-67(60,61)62)44-63-49(55)42-40-38-36-34-32-30-28-20-18-16-14-12-10-8-6-4-2/h5,7,11,13,17,19-20,22-23,28,47-48,51-54,57-59H,3-4,6,8-10,12,14-16,18,21,24-27,29-46H2,1-2H3,(H,60,61,62)/b7-5-,13-11-,19-17-,23-22-,28-20-. The zero-order valence-corrected chi connectivity index (χ0v) is 42.6. The molecule has 13 heteroatoms. The van der Waals surface area contributed by atoms with Crippen LogP contribution < -0.4 is 0 Å². The molecule has 0 aliphatic carbocycles. The van der Waals surface area contributed by atoms with Gasteiger partial charge in [0.05, 0.1) is 6.61 Å². The van der Waals surface area contributed by atoms with E-state index in [-0.39, 0.29) is 19.4 Å². The minimum Gasteiger partial charge on any atom is -0.462 e. The Hall–Kier alpha value is -2.65. The lowest BCUT2D eigenvalue weighted by Gasteiger charge is -2.40. The molecule has 1 rings (SSSR count). The van der Waals surface area contributed by atoms with Gasteiger partial charge in [-0.2, -0.15) is 8.42 Å². The van der Waals surface area contributed by atoms with E-state index < -0.39 is 71.2 Å². The fraction of sp³-hybridized carbons (Fsp3) is 0.778. The summed E-state index contributed by atoms with van der Waals surface area (Å²) in [5.74, 6) is -2.00. The predicted molar refractivity (Wildman–Crippen MR) is 270 cm³/mol. The van der Waals surface area contributed by atoms with E-state index in [4.69, 9.17) is 18.9 Å². The summed E-state index contributed by atoms with van der Waals surface area (Å²) in [7, 11) is -4.61. The van der Waals surface area contributed by atoms with Crippen molar-refractivity contribution in [3.05, 3.63) is 60.8 Å². The minimum atomic E-state index is -4.61. The molecule has 6 unspecified atom stereocenters. The zero-order valence-electron chi connectivity index (χ0n) is 41.7. The molecule has 1 heterocycles. The highest BCUT2D eigenvalue weighted by molar-refractivity contribution is 7.85. The highest BCUT2D eigenvalue weighted by Gasteiger charge is 2.46. The molecule has 0 saturated carbocycles. The van der Waals surface area contributed by atoms with Crippen molar-refractivity contribution in [2.24, 2.45) is 0 Å². The predicted octanol–water partition coefficient (Wildman–Crippen LogP) is 12.1. The quantitative estimate of drug-likeness (QED) is 0.0196. The summed E-state index contributed by atoms with van der Waals surface area (Å²) in [5.41, 5.74) is 0. The molecule has 4 N–H and O–H groups in total. The smallest absolute Gasteiger partial charge is 0.306 e. The van der Waals surface area contributed by atoms with E-state index in [0.717, 1.165) is 96.3 Å². The number of ether oxygens (including phenoxy) is 4. The van der Waals surface area contributed by atoms with Crippen molar-refractivity contribution in [1.82, 2.24) is 0 Å². The number of hydrogen-bond donors (Lipinski definition) is 4. The van der Waals surface area contributed by atoms with E-state index in [9.17, 15) is 37.9 Å². The lowest BCUT2D eigenvalue weighted by molar-refractivity contribution is -0.297. The fourth-order valence-electron chi connectivity index (χ4n) is 7.78. The van der Waals surface area contributed by atoms with E-state index in [1.165, 1.54) is 77.0 Å². The Morgan fingerprint density at radius 3 is 1.42 bits per heavy atom. The average molecular weight is 967 g/mol. The zero-order chi connectivity index (χ0) is 49.1. The van der Waals surface area contributed by atoms with Gasteiger partial charge < -0.3 is 34.3 Å². The molecular weight excluding hydrogens is 873 g/mol. The highest BCUT2D eigenvalue weighted by atomic mass is 32.2. The first-order valence-electron chi connectivity index (χ1n) is 26.3. The van der Waals surface area contributed by atoms with Crippen molar-refractivity contribution in [3.63, 3.8) is 0 Å². The molecule has 1 saturated heterocycles. The van der Waals surface area contributed by atoms with Crippen LogP contribution in [0.4, 0.5) is 0 Å². The van der Waals surface area contributed by atoms with Crippen molar-refractivity contribution in [1.29, 1.82) is 0 Å². The van der Waals surface area contributed by atoms with Gasteiger partial charge in [-0.1, -0.05) is 184 Å². The Balaban J connectivity index is 2.36. The van der Waals surface area contributed by atoms with Crippen LogP contribution in [0.3, 0.4) is 0 Å². The number of carbonyl (C=O) groups is 2. The fourth-order valence-corrected chi connectivity index (χ4v) is 8.47. The Bertz CT molecular complexity index is 1460. The van der Waals surface area contributed by atoms with Gasteiger partial charge >= 0.3 is 11.9 Å². The minimum absolute atomic E-state index is 0.155. The van der Waals surface area contributed by atoms with Crippen LogP contribution in [0.5, 0.6) is 0 Å². The van der Waals surface area contributed by atoms with Crippen molar-refractivity contribution in [3.8, 4) is 0 Å². The first-order valence-corrected chi connectivity index (χ1v) is 28.0. The lowest BCUT2D eigenvalue weighted by Crippen LogP contribution is -2.60. The van der Waals surface area contributed by atoms with Gasteiger partial charge in [-0.15, -0.1) is 0 Å². The lowest BCUT2D eigenvalue weighted by atomic mass is 10.00. The average Bonchev–Trinajstić information content (AvgIpc) is 3.30. The molecule has 0 amide bonds. The first kappa shape index (κ1) is 62.4. The van der Waals surface area contributed by atoms with Crippen LogP contribution in [0.25, 0.3) is 0 Å². The Morgan fingerprint density at radius 2 is 0.940 bits per heavy atom. The normalized spacial score (nSPS) is 19.8. The highest BCUT2D eigenvalue weighted by Crippen LogP contribution is 2.24. The van der Waals surface area contributed by atoms with Crippen LogP contribution in [0.2, 0.25) is 0 Å². The molecule has 67 heavy (non-hydrogen) atoms. The van der Waals surface area contributed by atoms with Crippen molar-refractivity contribution in [2.75, 3.05) is 19.0 Å². The molecule has 0 aromatic rings. The summed E-state index contributed by atoms with van der Waals surface area (Å²) in [6.45, 7) is 3.66. The SMILES string of the molecule is CC/C=C\C/C=C\C/C=C\C/C=C\CCCCCCCCCCCCC(=O)OC(COC(=O)CCCCCCC/C=C\CCCCCCCCC)COC1OC(CS(=O)(=O)O)C(O)C(O)C1O. The molecule has 0 spiro atoms. The maximum atomic E-state index is 12.9. The third-order valence-corrected chi connectivity index (χ3v) is 12.6. The van der Waals surface area contributed by atoms with E-state index >= 15 is 0 Å². The number of rotatable bonds is 44. The molecule has 12 nitrogen and oxygen atoms in total. The molecule has 1 aliphatic rings. The maximum absolute atomic E-state index is 12.9. The van der Waals surface area contributed by atoms with Crippen LogP contribution in [0, 0.1) is 0 Å².